The van der Waals surface area contributed by atoms with Crippen LogP contribution in [0.25, 0.3) is 0 Å². The fraction of sp³-hybridized carbons (Fsp3) is 0.107. The van der Waals surface area contributed by atoms with Crippen LogP contribution in [0.3, 0.4) is 0 Å². The van der Waals surface area contributed by atoms with Gasteiger partial charge in [0.2, 0.25) is 10.0 Å². The second-order valence-corrected chi connectivity index (χ2v) is 12.0. The molecule has 3 aromatic carbocycles. The lowest BCUT2D eigenvalue weighted by Crippen LogP contribution is -2.32. The number of carbonyl (C=O) groups excluding carboxylic acids is 2. The number of furan rings is 1. The molecule has 0 saturated carbocycles. The Labute approximate surface area is 251 Å². The molecule has 0 spiro atoms. The first-order valence-electron chi connectivity index (χ1n) is 12.0. The van der Waals surface area contributed by atoms with E-state index in [4.69, 9.17) is 39.2 Å². The Bertz CT molecular complexity index is 1710. The molecule has 0 radical (unpaired) electrons. The maximum atomic E-state index is 13.6. The Morgan fingerprint density at radius 1 is 0.902 bits per heavy atom. The molecule has 0 fully saturated rings. The molecule has 0 aliphatic rings. The van der Waals surface area contributed by atoms with Crippen molar-refractivity contribution in [1.29, 1.82) is 0 Å². The quantitative estimate of drug-likeness (QED) is 0.133. The number of hydrogen-bond donors (Lipinski definition) is 2. The highest BCUT2D eigenvalue weighted by Crippen LogP contribution is 2.27. The normalized spacial score (nSPS) is 11.6. The third-order valence-corrected chi connectivity index (χ3v) is 8.31. The first-order valence-corrected chi connectivity index (χ1v) is 14.6. The number of hydrogen-bond acceptors (Lipinski definition) is 6. The molecule has 212 valence electrons. The van der Waals surface area contributed by atoms with Crippen molar-refractivity contribution < 1.29 is 22.4 Å². The maximum Gasteiger partial charge on any atom is 0.329 e. The highest BCUT2D eigenvalue weighted by molar-refractivity contribution is 7.89. The molecule has 1 aromatic heterocycles. The summed E-state index contributed by atoms with van der Waals surface area (Å²) in [6.45, 7) is 1.69. The van der Waals surface area contributed by atoms with Crippen LogP contribution in [0, 0.1) is 6.92 Å². The van der Waals surface area contributed by atoms with Crippen molar-refractivity contribution in [2.75, 3.05) is 5.32 Å². The Kier molecular flexibility index (Phi) is 9.85. The van der Waals surface area contributed by atoms with Crippen molar-refractivity contribution in [3.05, 3.63) is 117 Å². The van der Waals surface area contributed by atoms with E-state index in [1.54, 1.807) is 60.7 Å². The molecule has 2 N–H and O–H groups in total. The van der Waals surface area contributed by atoms with E-state index < -0.39 is 21.8 Å². The lowest BCUT2D eigenvalue weighted by molar-refractivity contribution is -0.136. The summed E-state index contributed by atoms with van der Waals surface area (Å²) in [6.07, 6.45) is 1.18. The van der Waals surface area contributed by atoms with Gasteiger partial charge in [0.25, 0.3) is 0 Å². The van der Waals surface area contributed by atoms with Crippen LogP contribution < -0.4 is 10.7 Å². The lowest BCUT2D eigenvalue weighted by atomic mass is 10.2. The molecule has 0 unspecified atom stereocenters. The zero-order chi connectivity index (χ0) is 29.6. The molecule has 41 heavy (non-hydrogen) atoms. The van der Waals surface area contributed by atoms with Gasteiger partial charge in [0.1, 0.15) is 11.5 Å². The third kappa shape index (κ3) is 8.18. The van der Waals surface area contributed by atoms with Crippen LogP contribution in [0.2, 0.25) is 15.1 Å². The van der Waals surface area contributed by atoms with Gasteiger partial charge in [0.15, 0.2) is 0 Å². The standard InChI is InChI=1S/C28H23Cl3N4O5S/c1-18-5-11-25(12-6-18)41(38,39)35(16-19-7-8-21(30)14-26(19)31)17-24-10-9-23(40-24)15-32-34-28(37)27(36)33-22-4-2-3-20(29)13-22/h2-15H,16-17H2,1H3,(H,33,36)(H,34,37)/b32-15+. The summed E-state index contributed by atoms with van der Waals surface area (Å²) in [5.74, 6) is -1.43. The fourth-order valence-corrected chi connectivity index (χ4v) is 5.65. The third-order valence-electron chi connectivity index (χ3n) is 5.68. The summed E-state index contributed by atoms with van der Waals surface area (Å²) in [5, 5.41) is 7.29. The number of hydrazone groups is 1. The SMILES string of the molecule is Cc1ccc(S(=O)(=O)N(Cc2ccc(/C=N/NC(=O)C(=O)Nc3cccc(Cl)c3)o2)Cc2ccc(Cl)cc2Cl)cc1. The van der Waals surface area contributed by atoms with E-state index in [1.165, 1.54) is 28.7 Å². The molecule has 1 heterocycles. The van der Waals surface area contributed by atoms with Gasteiger partial charge in [-0.3, -0.25) is 9.59 Å². The van der Waals surface area contributed by atoms with Crippen LogP contribution >= 0.6 is 34.8 Å². The summed E-state index contributed by atoms with van der Waals surface area (Å²) >= 11 is 18.2. The predicted octanol–water partition coefficient (Wildman–Crippen LogP) is 6.03. The van der Waals surface area contributed by atoms with E-state index in [2.05, 4.69) is 15.8 Å². The molecule has 9 nitrogen and oxygen atoms in total. The number of nitrogens with zero attached hydrogens (tertiary/aromatic N) is 2. The Morgan fingerprint density at radius 3 is 2.34 bits per heavy atom. The van der Waals surface area contributed by atoms with E-state index in [0.29, 0.717) is 32.1 Å². The van der Waals surface area contributed by atoms with Crippen molar-refractivity contribution in [2.45, 2.75) is 24.9 Å². The Hall–Kier alpha value is -3.67. The zero-order valence-corrected chi connectivity index (χ0v) is 24.6. The number of carbonyl (C=O) groups is 2. The van der Waals surface area contributed by atoms with Crippen molar-refractivity contribution in [3.63, 3.8) is 0 Å². The molecule has 0 saturated heterocycles. The maximum absolute atomic E-state index is 13.6. The minimum absolute atomic E-state index is 0.0475. The smallest absolute Gasteiger partial charge is 0.329 e. The summed E-state index contributed by atoms with van der Waals surface area (Å²) in [7, 11) is -3.96. The van der Waals surface area contributed by atoms with Gasteiger partial charge in [-0.05, 0) is 67.1 Å². The van der Waals surface area contributed by atoms with E-state index in [1.807, 2.05) is 6.92 Å². The lowest BCUT2D eigenvalue weighted by Gasteiger charge is -2.22. The van der Waals surface area contributed by atoms with Gasteiger partial charge < -0.3 is 9.73 Å². The molecule has 0 bridgehead atoms. The summed E-state index contributed by atoms with van der Waals surface area (Å²) in [4.78, 5) is 24.3. The average molecular weight is 634 g/mol. The van der Waals surface area contributed by atoms with Crippen molar-refractivity contribution in [2.24, 2.45) is 5.10 Å². The second-order valence-electron chi connectivity index (χ2n) is 8.79. The van der Waals surface area contributed by atoms with Crippen LogP contribution in [-0.2, 0) is 32.7 Å². The number of amides is 2. The summed E-state index contributed by atoms with van der Waals surface area (Å²) in [5.41, 5.74) is 3.92. The van der Waals surface area contributed by atoms with Crippen LogP contribution in [0.15, 0.2) is 93.3 Å². The highest BCUT2D eigenvalue weighted by Gasteiger charge is 2.27. The molecule has 0 aliphatic heterocycles. The van der Waals surface area contributed by atoms with Gasteiger partial charge in [0, 0.05) is 27.3 Å². The first kappa shape index (κ1) is 30.3. The van der Waals surface area contributed by atoms with Gasteiger partial charge in [-0.15, -0.1) is 0 Å². The largest absolute Gasteiger partial charge is 0.459 e. The average Bonchev–Trinajstić information content (AvgIpc) is 3.37. The Morgan fingerprint density at radius 2 is 1.63 bits per heavy atom. The molecular weight excluding hydrogens is 611 g/mol. The number of sulfonamides is 1. The van der Waals surface area contributed by atoms with E-state index in [-0.39, 0.29) is 23.7 Å². The monoisotopic (exact) mass is 632 g/mol. The van der Waals surface area contributed by atoms with Crippen molar-refractivity contribution in [3.8, 4) is 0 Å². The summed E-state index contributed by atoms with van der Waals surface area (Å²) < 4.78 is 34.1. The van der Waals surface area contributed by atoms with Crippen LogP contribution in [0.1, 0.15) is 22.6 Å². The minimum Gasteiger partial charge on any atom is -0.459 e. The van der Waals surface area contributed by atoms with Gasteiger partial charge in [-0.1, -0.05) is 64.6 Å². The molecule has 4 rings (SSSR count). The van der Waals surface area contributed by atoms with E-state index in [9.17, 15) is 18.0 Å². The van der Waals surface area contributed by atoms with Crippen LogP contribution in [0.5, 0.6) is 0 Å². The van der Waals surface area contributed by atoms with E-state index >= 15 is 0 Å². The molecule has 2 amide bonds. The minimum atomic E-state index is -3.96. The van der Waals surface area contributed by atoms with Crippen LogP contribution in [-0.4, -0.2) is 30.8 Å². The number of anilines is 1. The fourth-order valence-electron chi connectivity index (χ4n) is 3.61. The number of rotatable bonds is 9. The second kappa shape index (κ2) is 13.3. The molecule has 4 aromatic rings. The molecule has 13 heteroatoms. The zero-order valence-electron chi connectivity index (χ0n) is 21.5. The number of halogens is 3. The van der Waals surface area contributed by atoms with Crippen molar-refractivity contribution >= 4 is 68.5 Å². The molecule has 0 atom stereocenters. The predicted molar refractivity (Wildman–Crippen MR) is 159 cm³/mol. The summed E-state index contributed by atoms with van der Waals surface area (Å²) in [6, 6.07) is 20.8. The Balaban J connectivity index is 1.47. The first-order chi connectivity index (χ1) is 19.5. The van der Waals surface area contributed by atoms with Gasteiger partial charge in [-0.25, -0.2) is 13.8 Å². The molecule has 0 aliphatic carbocycles. The van der Waals surface area contributed by atoms with E-state index in [0.717, 1.165) is 5.56 Å². The number of benzene rings is 3. The highest BCUT2D eigenvalue weighted by atomic mass is 35.5. The van der Waals surface area contributed by atoms with Gasteiger partial charge >= 0.3 is 11.8 Å². The number of aryl methyl sites for hydroxylation is 1. The number of nitrogens with one attached hydrogen (secondary N) is 2. The topological polar surface area (TPSA) is 121 Å². The van der Waals surface area contributed by atoms with Crippen LogP contribution in [0.4, 0.5) is 5.69 Å². The van der Waals surface area contributed by atoms with Gasteiger partial charge in [0.05, 0.1) is 17.7 Å². The van der Waals surface area contributed by atoms with Gasteiger partial charge in [-0.2, -0.15) is 9.41 Å². The van der Waals surface area contributed by atoms with Crippen molar-refractivity contribution in [1.82, 2.24) is 9.73 Å². The molecular formula is C28H23Cl3N4O5S.